The highest BCUT2D eigenvalue weighted by molar-refractivity contribution is 8.12. The Hall–Kier alpha value is -2.75. The molecule has 0 fully saturated rings. The van der Waals surface area contributed by atoms with Gasteiger partial charge in [-0.1, -0.05) is 54.2 Å². The average molecular weight is 503 g/mol. The highest BCUT2D eigenvalue weighted by Gasteiger charge is 2.20. The van der Waals surface area contributed by atoms with Crippen LogP contribution in [0.1, 0.15) is 38.1 Å². The van der Waals surface area contributed by atoms with Crippen molar-refractivity contribution in [3.63, 3.8) is 0 Å². The molecule has 0 bridgehead atoms. The molecule has 0 aliphatic heterocycles. The van der Waals surface area contributed by atoms with Crippen molar-refractivity contribution in [2.45, 2.75) is 26.7 Å². The molecule has 1 heterocycles. The predicted molar refractivity (Wildman–Crippen MR) is 137 cm³/mol. The first-order chi connectivity index (χ1) is 15.7. The van der Waals surface area contributed by atoms with Gasteiger partial charge in [0.15, 0.2) is 9.84 Å². The van der Waals surface area contributed by atoms with Crippen LogP contribution in [-0.4, -0.2) is 30.2 Å². The molecule has 0 N–H and O–H groups in total. The van der Waals surface area contributed by atoms with Crippen LogP contribution in [0.5, 0.6) is 0 Å². The van der Waals surface area contributed by atoms with Gasteiger partial charge in [0.1, 0.15) is 5.69 Å². The second kappa shape index (κ2) is 10.5. The third-order valence-corrected chi connectivity index (χ3v) is 7.71. The third kappa shape index (κ3) is 5.79. The summed E-state index contributed by atoms with van der Waals surface area (Å²) in [5.41, 5.74) is 3.00. The van der Waals surface area contributed by atoms with Crippen LogP contribution in [-0.2, 0) is 9.84 Å². The Morgan fingerprint density at radius 1 is 1.33 bits per heavy atom. The molecule has 1 aromatic heterocycles. The standard InChI is InChI=1S/C23H23ClN4O3S2/c1-5-23(32-16(3)17-9-8-10-18(13-17)33(4,30)31)22-14-20(15(2)25-27-29)26-28(22)21-12-7-6-11-19(21)24/h5-7,9,11-14H,3,8,10H2,1-2,4H3/b23-5-,25-15+. The largest absolute Gasteiger partial charge is 0.230 e. The Bertz CT molecular complexity index is 1340. The van der Waals surface area contributed by atoms with Crippen molar-refractivity contribution < 1.29 is 8.42 Å². The first-order valence-electron chi connectivity index (χ1n) is 10.0. The van der Waals surface area contributed by atoms with Gasteiger partial charge in [0.25, 0.3) is 0 Å². The Kier molecular flexibility index (Phi) is 7.88. The Morgan fingerprint density at radius 2 is 2.06 bits per heavy atom. The van der Waals surface area contributed by atoms with E-state index < -0.39 is 9.84 Å². The van der Waals surface area contributed by atoms with Crippen LogP contribution in [0, 0.1) is 4.91 Å². The fourth-order valence-corrected chi connectivity index (χ4v) is 5.20. The summed E-state index contributed by atoms with van der Waals surface area (Å²) in [6.07, 6.45) is 7.93. The number of hydrogen-bond acceptors (Lipinski definition) is 6. The summed E-state index contributed by atoms with van der Waals surface area (Å²) in [6.45, 7) is 7.72. The lowest BCUT2D eigenvalue weighted by atomic mass is 10.1. The van der Waals surface area contributed by atoms with Crippen LogP contribution in [0.4, 0.5) is 0 Å². The number of aromatic nitrogens is 2. The third-order valence-electron chi connectivity index (χ3n) is 4.97. The van der Waals surface area contributed by atoms with Gasteiger partial charge in [-0.2, -0.15) is 5.10 Å². The number of nitrogens with zero attached hydrogens (tertiary/aromatic N) is 4. The summed E-state index contributed by atoms with van der Waals surface area (Å²) in [7, 11) is -3.26. The smallest absolute Gasteiger partial charge is 0.171 e. The van der Waals surface area contributed by atoms with Gasteiger partial charge in [-0.05, 0) is 56.5 Å². The van der Waals surface area contributed by atoms with Crippen molar-refractivity contribution in [1.82, 2.24) is 9.78 Å². The van der Waals surface area contributed by atoms with Gasteiger partial charge in [0.05, 0.1) is 27.4 Å². The molecular weight excluding hydrogens is 480 g/mol. The number of para-hydroxylation sites is 1. The lowest BCUT2D eigenvalue weighted by Gasteiger charge is -2.16. The molecule has 2 aromatic rings. The van der Waals surface area contributed by atoms with Crippen LogP contribution in [0.25, 0.3) is 10.6 Å². The van der Waals surface area contributed by atoms with Crippen molar-refractivity contribution in [1.29, 1.82) is 0 Å². The van der Waals surface area contributed by atoms with Gasteiger partial charge in [-0.15, -0.1) is 10.0 Å². The lowest BCUT2D eigenvalue weighted by Crippen LogP contribution is -2.05. The number of nitroso groups, excluding NO2 is 1. The van der Waals surface area contributed by atoms with Crippen molar-refractivity contribution in [2.75, 3.05) is 6.26 Å². The molecule has 1 aliphatic rings. The first kappa shape index (κ1) is 24.9. The van der Waals surface area contributed by atoms with E-state index in [2.05, 4.69) is 22.1 Å². The number of hydrogen-bond donors (Lipinski definition) is 0. The van der Waals surface area contributed by atoms with Gasteiger partial charge in [-0.25, -0.2) is 13.1 Å². The molecule has 0 atom stereocenters. The van der Waals surface area contributed by atoms with E-state index in [1.54, 1.807) is 29.8 Å². The van der Waals surface area contributed by atoms with Gasteiger partial charge >= 0.3 is 0 Å². The van der Waals surface area contributed by atoms with Crippen LogP contribution < -0.4 is 0 Å². The van der Waals surface area contributed by atoms with Gasteiger partial charge in [-0.3, -0.25) is 0 Å². The molecule has 7 nitrogen and oxygen atoms in total. The van der Waals surface area contributed by atoms with Crippen LogP contribution >= 0.6 is 23.4 Å². The highest BCUT2D eigenvalue weighted by atomic mass is 35.5. The van der Waals surface area contributed by atoms with Gasteiger partial charge in [0.2, 0.25) is 0 Å². The molecule has 0 spiro atoms. The average Bonchev–Trinajstić information content (AvgIpc) is 3.22. The number of benzene rings is 1. The second-order valence-corrected chi connectivity index (χ2v) is 10.9. The molecule has 3 rings (SSSR count). The molecule has 10 heteroatoms. The zero-order valence-corrected chi connectivity index (χ0v) is 20.8. The molecule has 0 saturated carbocycles. The molecule has 0 unspecified atom stereocenters. The fraction of sp³-hybridized carbons (Fsp3) is 0.217. The molecule has 0 amide bonds. The molecule has 172 valence electrons. The number of halogens is 1. The van der Waals surface area contributed by atoms with Crippen LogP contribution in [0.3, 0.4) is 0 Å². The van der Waals surface area contributed by atoms with E-state index in [1.807, 2.05) is 37.3 Å². The molecule has 0 radical (unpaired) electrons. The quantitative estimate of drug-likeness (QED) is 0.241. The van der Waals surface area contributed by atoms with Crippen molar-refractivity contribution in [2.24, 2.45) is 10.4 Å². The van der Waals surface area contributed by atoms with Gasteiger partial charge < -0.3 is 0 Å². The normalized spacial score (nSPS) is 15.2. The summed E-state index contributed by atoms with van der Waals surface area (Å²) in [5.74, 6) is 0. The monoisotopic (exact) mass is 502 g/mol. The Balaban J connectivity index is 2.03. The SMILES string of the molecule is C=C(S/C(=C\C)c1cc(/C(C)=N/N=O)nn1-c1ccccc1Cl)C1=CCCC(S(C)(=O)=O)=C1. The summed E-state index contributed by atoms with van der Waals surface area (Å²) < 4.78 is 25.7. The van der Waals surface area contributed by atoms with E-state index in [1.165, 1.54) is 18.0 Å². The molecule has 1 aliphatic carbocycles. The molecule has 1 aromatic carbocycles. The number of sulfone groups is 1. The van der Waals surface area contributed by atoms with E-state index in [0.29, 0.717) is 44.8 Å². The molecular formula is C23H23ClN4O3S2. The maximum absolute atomic E-state index is 12.0. The summed E-state index contributed by atoms with van der Waals surface area (Å²) in [5, 5.41) is 11.3. The minimum absolute atomic E-state index is 0.368. The first-order valence-corrected chi connectivity index (χ1v) is 13.1. The number of thioether (sulfide) groups is 1. The maximum atomic E-state index is 12.0. The second-order valence-electron chi connectivity index (χ2n) is 7.30. The summed E-state index contributed by atoms with van der Waals surface area (Å²) in [4.78, 5) is 12.6. The van der Waals surface area contributed by atoms with Crippen molar-refractivity contribution in [3.8, 4) is 5.69 Å². The highest BCUT2D eigenvalue weighted by Crippen LogP contribution is 2.40. The van der Waals surface area contributed by atoms with Crippen molar-refractivity contribution >= 4 is 43.8 Å². The van der Waals surface area contributed by atoms with E-state index in [0.717, 1.165) is 16.2 Å². The van der Waals surface area contributed by atoms with E-state index >= 15 is 0 Å². The van der Waals surface area contributed by atoms with Gasteiger partial charge in [0, 0.05) is 21.0 Å². The zero-order valence-electron chi connectivity index (χ0n) is 18.4. The Labute approximate surface area is 202 Å². The van der Waals surface area contributed by atoms with E-state index in [-0.39, 0.29) is 0 Å². The fourth-order valence-electron chi connectivity index (χ4n) is 3.27. The van der Waals surface area contributed by atoms with Crippen molar-refractivity contribution in [3.05, 3.63) is 91.8 Å². The lowest BCUT2D eigenvalue weighted by molar-refractivity contribution is 0.605. The molecule has 0 saturated heterocycles. The minimum Gasteiger partial charge on any atom is -0.230 e. The minimum atomic E-state index is -3.26. The number of rotatable bonds is 8. The van der Waals surface area contributed by atoms with Crippen LogP contribution in [0.15, 0.2) is 80.9 Å². The van der Waals surface area contributed by atoms with E-state index in [9.17, 15) is 13.3 Å². The topological polar surface area (TPSA) is 93.8 Å². The Morgan fingerprint density at radius 3 is 2.70 bits per heavy atom. The zero-order chi connectivity index (χ0) is 24.2. The summed E-state index contributed by atoms with van der Waals surface area (Å²) >= 11 is 7.84. The van der Waals surface area contributed by atoms with E-state index in [4.69, 9.17) is 11.6 Å². The number of allylic oxidation sites excluding steroid dienone is 5. The predicted octanol–water partition coefficient (Wildman–Crippen LogP) is 6.27. The summed E-state index contributed by atoms with van der Waals surface area (Å²) in [6, 6.07) is 9.08. The molecule has 33 heavy (non-hydrogen) atoms. The van der Waals surface area contributed by atoms with Crippen LogP contribution in [0.2, 0.25) is 5.02 Å². The maximum Gasteiger partial charge on any atom is 0.171 e.